The molecule has 4 aromatic rings. The molecule has 0 saturated heterocycles. The lowest BCUT2D eigenvalue weighted by Crippen LogP contribution is -2.27. The lowest BCUT2D eigenvalue weighted by molar-refractivity contribution is -0.137. The SMILES string of the molecule is Cc1ccc(-c2csc3c(=O)n(CC(=O)Nc4cc(C(F)(F)F)ccc4Cl)cnc23)cc1. The lowest BCUT2D eigenvalue weighted by Gasteiger charge is -2.12. The summed E-state index contributed by atoms with van der Waals surface area (Å²) in [5, 5.41) is 4.11. The fraction of sp³-hybridized carbons (Fsp3) is 0.136. The van der Waals surface area contributed by atoms with Gasteiger partial charge in [0, 0.05) is 10.9 Å². The highest BCUT2D eigenvalue weighted by Crippen LogP contribution is 2.34. The second-order valence-electron chi connectivity index (χ2n) is 7.11. The first kappa shape index (κ1) is 22.0. The number of halogens is 4. The van der Waals surface area contributed by atoms with Gasteiger partial charge in [0.05, 0.1) is 28.1 Å². The van der Waals surface area contributed by atoms with Gasteiger partial charge in [-0.3, -0.25) is 14.2 Å². The topological polar surface area (TPSA) is 64.0 Å². The molecule has 2 aromatic carbocycles. The molecule has 0 unspecified atom stereocenters. The zero-order valence-corrected chi connectivity index (χ0v) is 18.1. The highest BCUT2D eigenvalue weighted by atomic mass is 35.5. The monoisotopic (exact) mass is 477 g/mol. The number of nitrogens with zero attached hydrogens (tertiary/aromatic N) is 2. The van der Waals surface area contributed by atoms with Crippen molar-refractivity contribution in [1.82, 2.24) is 9.55 Å². The van der Waals surface area contributed by atoms with Crippen LogP contribution in [0.2, 0.25) is 5.02 Å². The van der Waals surface area contributed by atoms with Gasteiger partial charge in [-0.05, 0) is 30.7 Å². The summed E-state index contributed by atoms with van der Waals surface area (Å²) in [4.78, 5) is 29.6. The van der Waals surface area contributed by atoms with Gasteiger partial charge in [-0.15, -0.1) is 11.3 Å². The van der Waals surface area contributed by atoms with Crippen LogP contribution < -0.4 is 10.9 Å². The van der Waals surface area contributed by atoms with Crippen molar-refractivity contribution in [1.29, 1.82) is 0 Å². The third-order valence-electron chi connectivity index (χ3n) is 4.79. The van der Waals surface area contributed by atoms with Crippen LogP contribution in [0.4, 0.5) is 18.9 Å². The molecule has 2 aromatic heterocycles. The summed E-state index contributed by atoms with van der Waals surface area (Å²) in [7, 11) is 0. The minimum Gasteiger partial charge on any atom is -0.323 e. The Morgan fingerprint density at radius 2 is 1.91 bits per heavy atom. The Hall–Kier alpha value is -3.17. The van der Waals surface area contributed by atoms with Crippen molar-refractivity contribution in [2.75, 3.05) is 5.32 Å². The number of alkyl halides is 3. The van der Waals surface area contributed by atoms with E-state index in [-0.39, 0.29) is 10.7 Å². The minimum atomic E-state index is -4.58. The van der Waals surface area contributed by atoms with Gasteiger partial charge in [0.2, 0.25) is 5.91 Å². The third kappa shape index (κ3) is 4.39. The van der Waals surface area contributed by atoms with Crippen molar-refractivity contribution in [3.63, 3.8) is 0 Å². The van der Waals surface area contributed by atoms with Crippen LogP contribution in [0.15, 0.2) is 59.0 Å². The molecule has 32 heavy (non-hydrogen) atoms. The number of carbonyl (C=O) groups is 1. The molecule has 2 heterocycles. The predicted octanol–water partition coefficient (Wildman–Crippen LogP) is 5.74. The fourth-order valence-corrected chi connectivity index (χ4v) is 4.27. The molecular formula is C22H15ClF3N3O2S. The zero-order chi connectivity index (χ0) is 23.0. The Kier molecular flexibility index (Phi) is 5.79. The van der Waals surface area contributed by atoms with Crippen LogP contribution in [0, 0.1) is 6.92 Å². The second kappa shape index (κ2) is 8.40. The number of amides is 1. The smallest absolute Gasteiger partial charge is 0.323 e. The van der Waals surface area contributed by atoms with Gasteiger partial charge in [0.15, 0.2) is 0 Å². The standard InChI is InChI=1S/C22H15ClF3N3O2S/c1-12-2-4-13(5-3-12)15-10-32-20-19(15)27-11-29(21(20)31)9-18(30)28-17-8-14(22(24,25)26)6-7-16(17)23/h2-8,10-11H,9H2,1H3,(H,28,30). The van der Waals surface area contributed by atoms with Crippen molar-refractivity contribution in [3.8, 4) is 11.1 Å². The van der Waals surface area contributed by atoms with Crippen molar-refractivity contribution < 1.29 is 18.0 Å². The quantitative estimate of drug-likeness (QED) is 0.407. The van der Waals surface area contributed by atoms with Gasteiger partial charge in [-0.25, -0.2) is 4.98 Å². The maximum absolute atomic E-state index is 12.9. The first-order valence-corrected chi connectivity index (χ1v) is 10.6. The van der Waals surface area contributed by atoms with Crippen LogP contribution in [0.5, 0.6) is 0 Å². The summed E-state index contributed by atoms with van der Waals surface area (Å²) in [5.41, 5.74) is 1.82. The number of rotatable bonds is 4. The number of nitrogens with one attached hydrogen (secondary N) is 1. The van der Waals surface area contributed by atoms with Gasteiger partial charge in [0.25, 0.3) is 5.56 Å². The maximum Gasteiger partial charge on any atom is 0.416 e. The molecule has 1 N–H and O–H groups in total. The number of hydrogen-bond donors (Lipinski definition) is 1. The normalized spacial score (nSPS) is 11.7. The molecule has 0 radical (unpaired) electrons. The van der Waals surface area contributed by atoms with Gasteiger partial charge in [0.1, 0.15) is 11.2 Å². The highest BCUT2D eigenvalue weighted by molar-refractivity contribution is 7.17. The summed E-state index contributed by atoms with van der Waals surface area (Å²) in [6, 6.07) is 10.4. The van der Waals surface area contributed by atoms with E-state index in [1.807, 2.05) is 36.6 Å². The third-order valence-corrected chi connectivity index (χ3v) is 6.08. The number of anilines is 1. The van der Waals surface area contributed by atoms with E-state index < -0.39 is 29.8 Å². The van der Waals surface area contributed by atoms with E-state index in [9.17, 15) is 22.8 Å². The number of carbonyl (C=O) groups excluding carboxylic acids is 1. The maximum atomic E-state index is 12.9. The molecule has 4 rings (SSSR count). The molecule has 0 aliphatic carbocycles. The largest absolute Gasteiger partial charge is 0.416 e. The average molecular weight is 478 g/mol. The summed E-state index contributed by atoms with van der Waals surface area (Å²) in [6.45, 7) is 1.55. The Bertz CT molecular complexity index is 1380. The van der Waals surface area contributed by atoms with E-state index in [2.05, 4.69) is 10.3 Å². The van der Waals surface area contributed by atoms with Crippen LogP contribution in [-0.4, -0.2) is 15.5 Å². The Morgan fingerprint density at radius 3 is 2.59 bits per heavy atom. The first-order valence-electron chi connectivity index (χ1n) is 9.34. The highest BCUT2D eigenvalue weighted by Gasteiger charge is 2.31. The molecule has 0 atom stereocenters. The molecule has 5 nitrogen and oxygen atoms in total. The Morgan fingerprint density at radius 1 is 1.19 bits per heavy atom. The second-order valence-corrected chi connectivity index (χ2v) is 8.40. The number of fused-ring (bicyclic) bond motifs is 1. The van der Waals surface area contributed by atoms with Gasteiger partial charge < -0.3 is 5.32 Å². The molecule has 0 bridgehead atoms. The van der Waals surface area contributed by atoms with Crippen molar-refractivity contribution in [2.24, 2.45) is 0 Å². The van der Waals surface area contributed by atoms with E-state index in [1.165, 1.54) is 17.7 Å². The molecule has 0 saturated carbocycles. The molecule has 0 aliphatic rings. The summed E-state index contributed by atoms with van der Waals surface area (Å²) in [5.74, 6) is -0.704. The van der Waals surface area contributed by atoms with Gasteiger partial charge in [-0.2, -0.15) is 13.2 Å². The minimum absolute atomic E-state index is 0.0479. The predicted molar refractivity (Wildman–Crippen MR) is 119 cm³/mol. The van der Waals surface area contributed by atoms with E-state index in [0.29, 0.717) is 10.2 Å². The number of aromatic nitrogens is 2. The van der Waals surface area contributed by atoms with Crippen LogP contribution in [-0.2, 0) is 17.5 Å². The van der Waals surface area contributed by atoms with E-state index in [1.54, 1.807) is 0 Å². The number of hydrogen-bond acceptors (Lipinski definition) is 4. The van der Waals surface area contributed by atoms with Crippen molar-refractivity contribution in [2.45, 2.75) is 19.6 Å². The van der Waals surface area contributed by atoms with Gasteiger partial charge in [-0.1, -0.05) is 41.4 Å². The molecule has 164 valence electrons. The molecular weight excluding hydrogens is 463 g/mol. The van der Waals surface area contributed by atoms with E-state index in [4.69, 9.17) is 11.6 Å². The molecule has 10 heteroatoms. The van der Waals surface area contributed by atoms with Crippen molar-refractivity contribution in [3.05, 3.63) is 80.7 Å². The van der Waals surface area contributed by atoms with E-state index in [0.717, 1.165) is 39.5 Å². The summed E-state index contributed by atoms with van der Waals surface area (Å²) < 4.78 is 40.3. The van der Waals surface area contributed by atoms with Crippen LogP contribution in [0.1, 0.15) is 11.1 Å². The van der Waals surface area contributed by atoms with Gasteiger partial charge >= 0.3 is 6.18 Å². The fourth-order valence-electron chi connectivity index (χ4n) is 3.13. The van der Waals surface area contributed by atoms with Crippen LogP contribution in [0.3, 0.4) is 0 Å². The summed E-state index contributed by atoms with van der Waals surface area (Å²) in [6.07, 6.45) is -3.33. The number of thiophene rings is 1. The zero-order valence-electron chi connectivity index (χ0n) is 16.5. The van der Waals surface area contributed by atoms with E-state index >= 15 is 0 Å². The van der Waals surface area contributed by atoms with Crippen molar-refractivity contribution >= 4 is 44.7 Å². The summed E-state index contributed by atoms with van der Waals surface area (Å²) >= 11 is 7.13. The lowest BCUT2D eigenvalue weighted by atomic mass is 10.1. The first-order chi connectivity index (χ1) is 15.1. The molecule has 1 amide bonds. The Labute approximate surface area is 189 Å². The Balaban J connectivity index is 1.59. The molecule has 0 spiro atoms. The number of aryl methyl sites for hydroxylation is 1. The molecule has 0 fully saturated rings. The average Bonchev–Trinajstić information content (AvgIpc) is 3.16. The van der Waals surface area contributed by atoms with Crippen LogP contribution in [0.25, 0.3) is 21.3 Å². The van der Waals surface area contributed by atoms with Crippen LogP contribution >= 0.6 is 22.9 Å². The molecule has 0 aliphatic heterocycles. The number of benzene rings is 2.